The molecule has 110 valence electrons. The van der Waals surface area contributed by atoms with Crippen LogP contribution in [0, 0.1) is 13.8 Å². The summed E-state index contributed by atoms with van der Waals surface area (Å²) >= 11 is 0. The zero-order valence-electron chi connectivity index (χ0n) is 12.8. The molecule has 0 bridgehead atoms. The van der Waals surface area contributed by atoms with Gasteiger partial charge in [-0.1, -0.05) is 24.3 Å². The van der Waals surface area contributed by atoms with Gasteiger partial charge in [0.05, 0.1) is 0 Å². The number of carbonyl (C=O) groups excluding carboxylic acids is 1. The number of nitrogens with two attached hydrogens (primary N) is 1. The van der Waals surface area contributed by atoms with E-state index in [1.807, 2.05) is 32.0 Å². The molecule has 0 heterocycles. The Balaban J connectivity index is 2.02. The largest absolute Gasteiger partial charge is 0.399 e. The van der Waals surface area contributed by atoms with Crippen LogP contribution in [0.3, 0.4) is 0 Å². The third kappa shape index (κ3) is 3.85. The number of rotatable bonds is 4. The molecule has 0 aliphatic carbocycles. The first-order valence-electron chi connectivity index (χ1n) is 7.19. The van der Waals surface area contributed by atoms with E-state index in [0.717, 1.165) is 12.0 Å². The van der Waals surface area contributed by atoms with E-state index in [0.29, 0.717) is 11.3 Å². The highest BCUT2D eigenvalue weighted by Gasteiger charge is 2.11. The number of carbonyl (C=O) groups is 1. The van der Waals surface area contributed by atoms with Crippen LogP contribution in [0.4, 0.5) is 5.69 Å². The van der Waals surface area contributed by atoms with E-state index in [2.05, 4.69) is 24.4 Å². The second-order valence-electron chi connectivity index (χ2n) is 5.58. The Bertz CT molecular complexity index is 649. The lowest BCUT2D eigenvalue weighted by Crippen LogP contribution is -2.34. The number of benzene rings is 2. The van der Waals surface area contributed by atoms with Gasteiger partial charge in [-0.3, -0.25) is 4.79 Å². The van der Waals surface area contributed by atoms with E-state index in [4.69, 9.17) is 5.73 Å². The zero-order chi connectivity index (χ0) is 15.4. The molecule has 0 radical (unpaired) electrons. The molecule has 1 amide bonds. The minimum atomic E-state index is -0.0563. The quantitative estimate of drug-likeness (QED) is 0.846. The first-order chi connectivity index (χ1) is 9.97. The molecule has 1 atom stereocenters. The Labute approximate surface area is 126 Å². The predicted octanol–water partition coefficient (Wildman–Crippen LogP) is 3.25. The minimum Gasteiger partial charge on any atom is -0.399 e. The average Bonchev–Trinajstić information content (AvgIpc) is 2.44. The van der Waals surface area contributed by atoms with Crippen molar-refractivity contribution < 1.29 is 4.79 Å². The first kappa shape index (κ1) is 15.1. The van der Waals surface area contributed by atoms with E-state index >= 15 is 0 Å². The summed E-state index contributed by atoms with van der Waals surface area (Å²) in [4.78, 5) is 12.2. The van der Waals surface area contributed by atoms with Crippen molar-refractivity contribution >= 4 is 11.6 Å². The van der Waals surface area contributed by atoms with E-state index in [1.54, 1.807) is 12.1 Å². The van der Waals surface area contributed by atoms with Gasteiger partial charge in [0.25, 0.3) is 5.91 Å². The van der Waals surface area contributed by atoms with Crippen molar-refractivity contribution in [2.45, 2.75) is 33.2 Å². The van der Waals surface area contributed by atoms with Gasteiger partial charge in [0.2, 0.25) is 0 Å². The molecule has 3 heteroatoms. The first-order valence-corrected chi connectivity index (χ1v) is 7.19. The van der Waals surface area contributed by atoms with Crippen molar-refractivity contribution in [1.82, 2.24) is 5.32 Å². The van der Waals surface area contributed by atoms with E-state index in [-0.39, 0.29) is 11.9 Å². The molecule has 2 rings (SSSR count). The fourth-order valence-electron chi connectivity index (χ4n) is 2.34. The lowest BCUT2D eigenvalue weighted by molar-refractivity contribution is 0.0940. The van der Waals surface area contributed by atoms with Crippen molar-refractivity contribution in [2.24, 2.45) is 0 Å². The molecule has 3 nitrogen and oxygen atoms in total. The van der Waals surface area contributed by atoms with Crippen molar-refractivity contribution in [3.63, 3.8) is 0 Å². The highest BCUT2D eigenvalue weighted by molar-refractivity contribution is 5.95. The summed E-state index contributed by atoms with van der Waals surface area (Å²) in [6, 6.07) is 13.7. The Morgan fingerprint density at radius 3 is 2.52 bits per heavy atom. The van der Waals surface area contributed by atoms with Gasteiger partial charge in [-0.15, -0.1) is 0 Å². The van der Waals surface area contributed by atoms with Gasteiger partial charge >= 0.3 is 0 Å². The van der Waals surface area contributed by atoms with Gasteiger partial charge in [-0.25, -0.2) is 0 Å². The van der Waals surface area contributed by atoms with Gasteiger partial charge in [-0.05, 0) is 62.1 Å². The fourth-order valence-corrected chi connectivity index (χ4v) is 2.34. The highest BCUT2D eigenvalue weighted by Crippen LogP contribution is 2.13. The maximum absolute atomic E-state index is 12.2. The normalized spacial score (nSPS) is 12.0. The highest BCUT2D eigenvalue weighted by atomic mass is 16.1. The maximum Gasteiger partial charge on any atom is 0.251 e. The third-order valence-corrected chi connectivity index (χ3v) is 3.70. The summed E-state index contributed by atoms with van der Waals surface area (Å²) in [6.45, 7) is 6.02. The number of amides is 1. The van der Waals surface area contributed by atoms with Crippen LogP contribution in [0.15, 0.2) is 42.5 Å². The van der Waals surface area contributed by atoms with Crippen molar-refractivity contribution in [3.8, 4) is 0 Å². The molecule has 3 N–H and O–H groups in total. The molecule has 0 spiro atoms. The van der Waals surface area contributed by atoms with Crippen LogP contribution < -0.4 is 11.1 Å². The average molecular weight is 282 g/mol. The summed E-state index contributed by atoms with van der Waals surface area (Å²) in [5, 5.41) is 3.04. The van der Waals surface area contributed by atoms with Crippen LogP contribution in [0.5, 0.6) is 0 Å². The summed E-state index contributed by atoms with van der Waals surface area (Å²) < 4.78 is 0. The number of anilines is 1. The molecular formula is C18H22N2O. The molecule has 2 aromatic carbocycles. The van der Waals surface area contributed by atoms with E-state index in [9.17, 15) is 4.79 Å². The van der Waals surface area contributed by atoms with Crippen LogP contribution in [-0.2, 0) is 6.42 Å². The zero-order valence-corrected chi connectivity index (χ0v) is 12.8. The van der Waals surface area contributed by atoms with Crippen LogP contribution >= 0.6 is 0 Å². The van der Waals surface area contributed by atoms with Crippen molar-refractivity contribution in [2.75, 3.05) is 5.73 Å². The van der Waals surface area contributed by atoms with Gasteiger partial charge in [-0.2, -0.15) is 0 Å². The monoisotopic (exact) mass is 282 g/mol. The van der Waals surface area contributed by atoms with Gasteiger partial charge in [0.15, 0.2) is 0 Å². The fraction of sp³-hybridized carbons (Fsp3) is 0.278. The topological polar surface area (TPSA) is 55.1 Å². The lowest BCUT2D eigenvalue weighted by Gasteiger charge is -2.16. The Kier molecular flexibility index (Phi) is 4.63. The number of hydrogen-bond acceptors (Lipinski definition) is 2. The number of nitrogen functional groups attached to an aromatic ring is 1. The number of aryl methyl sites for hydroxylation is 2. The SMILES string of the molecule is Cc1cc(C(=O)NC(C)Cc2ccccc2C)ccc1N. The summed E-state index contributed by atoms with van der Waals surface area (Å²) in [5.41, 5.74) is 10.6. The summed E-state index contributed by atoms with van der Waals surface area (Å²) in [5.74, 6) is -0.0563. The molecule has 21 heavy (non-hydrogen) atoms. The maximum atomic E-state index is 12.2. The van der Waals surface area contributed by atoms with Crippen molar-refractivity contribution in [3.05, 3.63) is 64.7 Å². The molecule has 0 saturated carbocycles. The van der Waals surface area contributed by atoms with Crippen LogP contribution in [0.1, 0.15) is 34.0 Å². The molecular weight excluding hydrogens is 260 g/mol. The Morgan fingerprint density at radius 2 is 1.86 bits per heavy atom. The summed E-state index contributed by atoms with van der Waals surface area (Å²) in [6.07, 6.45) is 0.826. The Morgan fingerprint density at radius 1 is 1.14 bits per heavy atom. The smallest absolute Gasteiger partial charge is 0.251 e. The molecule has 0 saturated heterocycles. The second kappa shape index (κ2) is 6.44. The predicted molar refractivity (Wildman–Crippen MR) is 87.4 cm³/mol. The molecule has 1 unspecified atom stereocenters. The molecule has 0 fully saturated rings. The minimum absolute atomic E-state index is 0.0563. The standard InChI is InChI=1S/C18H22N2O/c1-12-6-4-5-7-15(12)11-14(3)20-18(21)16-8-9-17(19)13(2)10-16/h4-10,14H,11,19H2,1-3H3,(H,20,21). The van der Waals surface area contributed by atoms with Crippen molar-refractivity contribution in [1.29, 1.82) is 0 Å². The van der Waals surface area contributed by atoms with Crippen LogP contribution in [-0.4, -0.2) is 11.9 Å². The van der Waals surface area contributed by atoms with Crippen LogP contribution in [0.2, 0.25) is 0 Å². The van der Waals surface area contributed by atoms with E-state index < -0.39 is 0 Å². The molecule has 2 aromatic rings. The molecule has 0 aliphatic heterocycles. The van der Waals surface area contributed by atoms with Gasteiger partial charge in [0.1, 0.15) is 0 Å². The Hall–Kier alpha value is -2.29. The van der Waals surface area contributed by atoms with Crippen LogP contribution in [0.25, 0.3) is 0 Å². The van der Waals surface area contributed by atoms with Gasteiger partial charge < -0.3 is 11.1 Å². The molecule has 0 aliphatic rings. The lowest BCUT2D eigenvalue weighted by atomic mass is 10.0. The number of nitrogens with one attached hydrogen (secondary N) is 1. The number of hydrogen-bond donors (Lipinski definition) is 2. The van der Waals surface area contributed by atoms with Gasteiger partial charge in [0, 0.05) is 17.3 Å². The third-order valence-electron chi connectivity index (χ3n) is 3.70. The second-order valence-corrected chi connectivity index (χ2v) is 5.58. The van der Waals surface area contributed by atoms with E-state index in [1.165, 1.54) is 11.1 Å². The summed E-state index contributed by atoms with van der Waals surface area (Å²) in [7, 11) is 0. The molecule has 0 aromatic heterocycles.